The molecular formula is C28H27F2N5O4. The number of pyridine rings is 1. The molecule has 2 unspecified atom stereocenters. The first-order valence-corrected chi connectivity index (χ1v) is 12.5. The van der Waals surface area contributed by atoms with Gasteiger partial charge in [0.1, 0.15) is 17.8 Å². The van der Waals surface area contributed by atoms with E-state index in [1.54, 1.807) is 18.2 Å². The third-order valence-corrected chi connectivity index (χ3v) is 7.02. The number of amides is 3. The summed E-state index contributed by atoms with van der Waals surface area (Å²) in [6.07, 6.45) is 0.849. The number of carbonyl (C=O) groups excluding carboxylic acids is 3. The number of nitrogens with one attached hydrogen (secondary N) is 3. The average Bonchev–Trinajstić information content (AvgIpc) is 3.24. The minimum absolute atomic E-state index is 0.0300. The van der Waals surface area contributed by atoms with Crippen molar-refractivity contribution in [3.8, 4) is 0 Å². The van der Waals surface area contributed by atoms with Gasteiger partial charge in [-0.2, -0.15) is 8.78 Å². The Bertz CT molecular complexity index is 1490. The molecule has 0 bridgehead atoms. The fourth-order valence-electron chi connectivity index (χ4n) is 4.90. The lowest BCUT2D eigenvalue weighted by Gasteiger charge is -2.32. The van der Waals surface area contributed by atoms with Crippen LogP contribution < -0.4 is 16.1 Å². The van der Waals surface area contributed by atoms with Gasteiger partial charge in [-0.05, 0) is 47.7 Å². The number of carbonyl (C=O) groups is 3. The first kappa shape index (κ1) is 26.2. The third kappa shape index (κ3) is 5.30. The highest BCUT2D eigenvalue weighted by Crippen LogP contribution is 2.30. The number of aromatic nitrogens is 1. The lowest BCUT2D eigenvalue weighted by molar-refractivity contribution is -0.147. The number of halogens is 2. The molecule has 3 heterocycles. The molecule has 3 amide bonds. The Balaban J connectivity index is 1.25. The van der Waals surface area contributed by atoms with Crippen LogP contribution in [0.15, 0.2) is 66.9 Å². The quantitative estimate of drug-likeness (QED) is 0.369. The van der Waals surface area contributed by atoms with Gasteiger partial charge in [0, 0.05) is 37.0 Å². The maximum Gasteiger partial charge on any atom is 0.351 e. The Hall–Kier alpha value is -4.38. The molecule has 1 saturated heterocycles. The van der Waals surface area contributed by atoms with Crippen molar-refractivity contribution in [2.75, 3.05) is 0 Å². The van der Waals surface area contributed by atoms with Gasteiger partial charge in [-0.25, -0.2) is 0 Å². The molecule has 9 nitrogen and oxygen atoms in total. The molecular weight excluding hydrogens is 508 g/mol. The second kappa shape index (κ2) is 10.4. The molecule has 202 valence electrons. The van der Waals surface area contributed by atoms with Crippen LogP contribution in [-0.2, 0) is 35.1 Å². The van der Waals surface area contributed by atoms with Crippen LogP contribution >= 0.6 is 0 Å². The molecule has 5 rings (SSSR count). The van der Waals surface area contributed by atoms with Crippen LogP contribution in [0, 0.1) is 5.41 Å². The second-order valence-electron chi connectivity index (χ2n) is 9.72. The smallest absolute Gasteiger partial charge is 0.351 e. The molecule has 3 aromatic rings. The van der Waals surface area contributed by atoms with Gasteiger partial charge < -0.3 is 25.2 Å². The molecule has 4 N–H and O–H groups in total. The fraction of sp³-hybridized carbons (Fsp3) is 0.286. The van der Waals surface area contributed by atoms with Crippen LogP contribution in [0.1, 0.15) is 45.5 Å². The Morgan fingerprint density at radius 2 is 1.85 bits per heavy atom. The van der Waals surface area contributed by atoms with Gasteiger partial charge in [-0.1, -0.05) is 42.5 Å². The SMILES string of the molecule is N=c1ccc(C(F)(F)C(=O)NCc2ccc3c(c2)CN(C2CCC(O)NC2=O)C3=O)cn1Cc1ccccc1. The number of rotatable bonds is 7. The Kier molecular flexibility index (Phi) is 7.00. The summed E-state index contributed by atoms with van der Waals surface area (Å²) in [6, 6.07) is 15.5. The highest BCUT2D eigenvalue weighted by Gasteiger charge is 2.42. The molecule has 2 aromatic carbocycles. The van der Waals surface area contributed by atoms with Crippen molar-refractivity contribution in [1.82, 2.24) is 20.1 Å². The summed E-state index contributed by atoms with van der Waals surface area (Å²) in [5.41, 5.74) is 1.90. The standard InChI is InChI=1S/C28H27F2N5O4/c29-28(30,20-7-10-23(31)34(16-20)14-17-4-2-1-3-5-17)27(39)32-13-18-6-8-21-19(12-18)15-35(26(21)38)22-9-11-24(36)33-25(22)37/h1-8,10,12,16,22,24,31,36H,9,11,13-15H2,(H,32,39)(H,33,37). The lowest BCUT2D eigenvalue weighted by atomic mass is 10.0. The molecule has 2 aliphatic rings. The maximum atomic E-state index is 15.1. The fourth-order valence-corrected chi connectivity index (χ4v) is 4.90. The van der Waals surface area contributed by atoms with Crippen molar-refractivity contribution in [2.45, 2.75) is 50.7 Å². The van der Waals surface area contributed by atoms with Crippen LogP contribution in [0.5, 0.6) is 0 Å². The van der Waals surface area contributed by atoms with Crippen LogP contribution in [0.25, 0.3) is 0 Å². The van der Waals surface area contributed by atoms with Gasteiger partial charge in [0.2, 0.25) is 5.91 Å². The van der Waals surface area contributed by atoms with Gasteiger partial charge in [0.05, 0.1) is 0 Å². The summed E-state index contributed by atoms with van der Waals surface area (Å²) in [5.74, 6) is -6.06. The first-order chi connectivity index (χ1) is 18.6. The topological polar surface area (TPSA) is 128 Å². The molecule has 39 heavy (non-hydrogen) atoms. The predicted octanol–water partition coefficient (Wildman–Crippen LogP) is 1.98. The van der Waals surface area contributed by atoms with Gasteiger partial charge >= 0.3 is 5.92 Å². The highest BCUT2D eigenvalue weighted by atomic mass is 19.3. The molecule has 1 fully saturated rings. The predicted molar refractivity (Wildman–Crippen MR) is 135 cm³/mol. The highest BCUT2D eigenvalue weighted by molar-refractivity contribution is 6.01. The van der Waals surface area contributed by atoms with E-state index in [4.69, 9.17) is 5.41 Å². The summed E-state index contributed by atoms with van der Waals surface area (Å²) in [7, 11) is 0. The van der Waals surface area contributed by atoms with Gasteiger partial charge in [-0.15, -0.1) is 0 Å². The van der Waals surface area contributed by atoms with E-state index in [0.29, 0.717) is 29.5 Å². The van der Waals surface area contributed by atoms with Crippen LogP contribution in [0.2, 0.25) is 0 Å². The van der Waals surface area contributed by atoms with E-state index in [1.807, 2.05) is 30.3 Å². The van der Waals surface area contributed by atoms with E-state index in [2.05, 4.69) is 10.6 Å². The van der Waals surface area contributed by atoms with Crippen molar-refractivity contribution in [2.24, 2.45) is 0 Å². The first-order valence-electron chi connectivity index (χ1n) is 12.5. The van der Waals surface area contributed by atoms with Crippen molar-refractivity contribution < 1.29 is 28.3 Å². The van der Waals surface area contributed by atoms with E-state index in [-0.39, 0.29) is 31.0 Å². The van der Waals surface area contributed by atoms with E-state index in [0.717, 1.165) is 17.8 Å². The maximum absolute atomic E-state index is 15.1. The number of aliphatic hydroxyl groups is 1. The molecule has 2 atom stereocenters. The van der Waals surface area contributed by atoms with Gasteiger partial charge in [0.15, 0.2) is 0 Å². The summed E-state index contributed by atoms with van der Waals surface area (Å²) < 4.78 is 31.6. The molecule has 0 radical (unpaired) electrons. The van der Waals surface area contributed by atoms with Crippen molar-refractivity contribution >= 4 is 17.7 Å². The lowest BCUT2D eigenvalue weighted by Crippen LogP contribution is -2.54. The summed E-state index contributed by atoms with van der Waals surface area (Å²) >= 11 is 0. The number of hydrogen-bond donors (Lipinski definition) is 4. The molecule has 2 aliphatic heterocycles. The van der Waals surface area contributed by atoms with Crippen LogP contribution in [0.3, 0.4) is 0 Å². The van der Waals surface area contributed by atoms with E-state index < -0.39 is 35.6 Å². The Morgan fingerprint density at radius 1 is 1.08 bits per heavy atom. The number of piperidine rings is 1. The van der Waals surface area contributed by atoms with E-state index in [9.17, 15) is 19.5 Å². The van der Waals surface area contributed by atoms with Crippen molar-refractivity contribution in [3.63, 3.8) is 0 Å². The monoisotopic (exact) mass is 535 g/mol. The summed E-state index contributed by atoms with van der Waals surface area (Å²) in [6.45, 7) is 0.187. The summed E-state index contributed by atoms with van der Waals surface area (Å²) in [4.78, 5) is 39.1. The molecule has 11 heteroatoms. The number of aliphatic hydroxyl groups excluding tert-OH is 1. The van der Waals surface area contributed by atoms with Crippen molar-refractivity contribution in [3.05, 3.63) is 100 Å². The molecule has 1 aromatic heterocycles. The second-order valence-corrected chi connectivity index (χ2v) is 9.72. The number of hydrogen-bond acceptors (Lipinski definition) is 5. The minimum atomic E-state index is -3.84. The normalized spacial score (nSPS) is 19.0. The van der Waals surface area contributed by atoms with Gasteiger partial charge in [-0.3, -0.25) is 19.8 Å². The summed E-state index contributed by atoms with van der Waals surface area (Å²) in [5, 5.41) is 22.4. The number of fused-ring (bicyclic) bond motifs is 1. The van der Waals surface area contributed by atoms with Crippen LogP contribution in [-0.4, -0.2) is 44.6 Å². The van der Waals surface area contributed by atoms with Crippen LogP contribution in [0.4, 0.5) is 8.78 Å². The Labute approximate surface area is 222 Å². The zero-order valence-corrected chi connectivity index (χ0v) is 20.9. The number of nitrogens with zero attached hydrogens (tertiary/aromatic N) is 2. The molecule has 0 spiro atoms. The average molecular weight is 536 g/mol. The van der Waals surface area contributed by atoms with Gasteiger partial charge in [0.25, 0.3) is 11.8 Å². The Morgan fingerprint density at radius 3 is 2.59 bits per heavy atom. The zero-order valence-electron chi connectivity index (χ0n) is 20.9. The third-order valence-electron chi connectivity index (χ3n) is 7.02. The molecule has 0 aliphatic carbocycles. The number of alkyl halides is 2. The largest absolute Gasteiger partial charge is 0.374 e. The van der Waals surface area contributed by atoms with E-state index >= 15 is 8.78 Å². The zero-order chi connectivity index (χ0) is 27.7. The van der Waals surface area contributed by atoms with Crippen molar-refractivity contribution in [1.29, 1.82) is 5.41 Å². The minimum Gasteiger partial charge on any atom is -0.374 e. The molecule has 0 saturated carbocycles. The number of benzene rings is 2. The van der Waals surface area contributed by atoms with E-state index in [1.165, 1.54) is 15.5 Å².